The largest absolute Gasteiger partial charge is 0.392 e. The van der Waals surface area contributed by atoms with Crippen molar-refractivity contribution >= 4 is 29.0 Å². The summed E-state index contributed by atoms with van der Waals surface area (Å²) in [5.74, 6) is -1.35. The highest BCUT2D eigenvalue weighted by Crippen LogP contribution is 1.89. The molecule has 18 heavy (non-hydrogen) atoms. The van der Waals surface area contributed by atoms with Gasteiger partial charge in [-0.2, -0.15) is 0 Å². The molecule has 0 saturated heterocycles. The Kier molecular flexibility index (Phi) is 9.13. The van der Waals surface area contributed by atoms with Crippen molar-refractivity contribution in [2.45, 2.75) is 20.3 Å². The normalized spacial score (nSPS) is 10.2. The van der Waals surface area contributed by atoms with Crippen LogP contribution in [-0.2, 0) is 9.59 Å². The molecule has 0 spiro atoms. The summed E-state index contributed by atoms with van der Waals surface area (Å²) in [6.45, 7) is 7.58. The minimum Gasteiger partial charge on any atom is -0.392 e. The summed E-state index contributed by atoms with van der Waals surface area (Å²) in [5.41, 5.74) is 5.21. The second-order valence-electron chi connectivity index (χ2n) is 3.79. The Labute approximate surface area is 113 Å². The number of hydrogen-bond donors (Lipinski definition) is 3. The molecular formula is C11H22N4O2S. The van der Waals surface area contributed by atoms with E-state index in [1.807, 2.05) is 0 Å². The lowest BCUT2D eigenvalue weighted by molar-refractivity contribution is -0.139. The molecule has 7 heteroatoms. The lowest BCUT2D eigenvalue weighted by Crippen LogP contribution is -2.43. The molecular weight excluding hydrogens is 252 g/mol. The third-order valence-electron chi connectivity index (χ3n) is 2.46. The topological polar surface area (TPSA) is 87.5 Å². The molecule has 0 aromatic heterocycles. The highest BCUT2D eigenvalue weighted by Gasteiger charge is 2.12. The number of carbonyl (C=O) groups is 2. The van der Waals surface area contributed by atoms with E-state index in [0.717, 1.165) is 26.1 Å². The molecule has 104 valence electrons. The maximum atomic E-state index is 11.3. The van der Waals surface area contributed by atoms with Crippen LogP contribution in [0, 0.1) is 0 Å². The predicted octanol–water partition coefficient (Wildman–Crippen LogP) is -0.763. The van der Waals surface area contributed by atoms with Crippen LogP contribution in [0.25, 0.3) is 0 Å². The number of amides is 2. The van der Waals surface area contributed by atoms with Gasteiger partial charge in [0.05, 0.1) is 11.5 Å². The first kappa shape index (κ1) is 16.8. The van der Waals surface area contributed by atoms with E-state index in [1.165, 1.54) is 0 Å². The summed E-state index contributed by atoms with van der Waals surface area (Å²) < 4.78 is 0. The molecule has 0 atom stereocenters. The van der Waals surface area contributed by atoms with Gasteiger partial charge in [0.15, 0.2) is 0 Å². The summed E-state index contributed by atoms with van der Waals surface area (Å²) in [6, 6.07) is 0. The second-order valence-corrected chi connectivity index (χ2v) is 4.31. The van der Waals surface area contributed by atoms with Crippen molar-refractivity contribution in [2.24, 2.45) is 5.73 Å². The molecule has 4 N–H and O–H groups in total. The zero-order valence-electron chi connectivity index (χ0n) is 11.0. The average Bonchev–Trinajstić information content (AvgIpc) is 2.35. The molecule has 0 unspecified atom stereocenters. The van der Waals surface area contributed by atoms with Gasteiger partial charge in [0.2, 0.25) is 0 Å². The standard InChI is InChI=1S/C11H22N4O2S/c1-3-15(4-2)7-5-6-13-10(16)11(17)14-8-9(12)18/h3-8H2,1-2H3,(H2,12,18)(H,13,16)(H,14,17). The van der Waals surface area contributed by atoms with E-state index in [-0.39, 0.29) is 11.5 Å². The first-order valence-corrected chi connectivity index (χ1v) is 6.48. The first-order valence-electron chi connectivity index (χ1n) is 6.07. The molecule has 0 bridgehead atoms. The molecule has 0 aliphatic rings. The van der Waals surface area contributed by atoms with E-state index in [9.17, 15) is 9.59 Å². The van der Waals surface area contributed by atoms with Crippen molar-refractivity contribution in [2.75, 3.05) is 32.7 Å². The van der Waals surface area contributed by atoms with Gasteiger partial charge >= 0.3 is 11.8 Å². The van der Waals surface area contributed by atoms with Crippen molar-refractivity contribution in [1.29, 1.82) is 0 Å². The van der Waals surface area contributed by atoms with Crippen molar-refractivity contribution in [3.63, 3.8) is 0 Å². The van der Waals surface area contributed by atoms with Gasteiger partial charge in [-0.1, -0.05) is 26.1 Å². The lowest BCUT2D eigenvalue weighted by Gasteiger charge is -2.17. The summed E-state index contributed by atoms with van der Waals surface area (Å²) in [7, 11) is 0. The van der Waals surface area contributed by atoms with E-state index >= 15 is 0 Å². The molecule has 0 aromatic carbocycles. The molecule has 0 fully saturated rings. The minimum absolute atomic E-state index is 0.0427. The second kappa shape index (κ2) is 9.78. The van der Waals surface area contributed by atoms with Crippen LogP contribution < -0.4 is 16.4 Å². The van der Waals surface area contributed by atoms with Gasteiger partial charge in [0.25, 0.3) is 0 Å². The first-order chi connectivity index (χ1) is 8.51. The number of nitrogens with zero attached hydrogens (tertiary/aromatic N) is 1. The third-order valence-corrected chi connectivity index (χ3v) is 2.60. The SMILES string of the molecule is CCN(CC)CCCNC(=O)C(=O)NCC(N)=S. The predicted molar refractivity (Wildman–Crippen MR) is 75.2 cm³/mol. The van der Waals surface area contributed by atoms with Crippen LogP contribution in [0.15, 0.2) is 0 Å². The number of rotatable bonds is 8. The van der Waals surface area contributed by atoms with Crippen LogP contribution in [0.2, 0.25) is 0 Å². The monoisotopic (exact) mass is 274 g/mol. The Morgan fingerprint density at radius 2 is 1.72 bits per heavy atom. The number of thiocarbonyl (C=S) groups is 1. The number of carbonyl (C=O) groups excluding carboxylic acids is 2. The fourth-order valence-electron chi connectivity index (χ4n) is 1.37. The minimum atomic E-state index is -0.703. The quantitative estimate of drug-likeness (QED) is 0.307. The van der Waals surface area contributed by atoms with Crippen LogP contribution in [0.1, 0.15) is 20.3 Å². The molecule has 0 aliphatic heterocycles. The van der Waals surface area contributed by atoms with Crippen molar-refractivity contribution < 1.29 is 9.59 Å². The lowest BCUT2D eigenvalue weighted by atomic mass is 10.3. The van der Waals surface area contributed by atoms with Gasteiger partial charge in [0.1, 0.15) is 0 Å². The Bertz CT molecular complexity index is 293. The molecule has 2 amide bonds. The number of nitrogens with two attached hydrogens (primary N) is 1. The molecule has 0 radical (unpaired) electrons. The number of nitrogens with one attached hydrogen (secondary N) is 2. The highest BCUT2D eigenvalue weighted by molar-refractivity contribution is 7.80. The van der Waals surface area contributed by atoms with Gasteiger partial charge in [-0.15, -0.1) is 0 Å². The summed E-state index contributed by atoms with van der Waals surface area (Å²) >= 11 is 4.59. The molecule has 0 aromatic rings. The number of hydrogen-bond acceptors (Lipinski definition) is 4. The Morgan fingerprint density at radius 3 is 2.22 bits per heavy atom. The van der Waals surface area contributed by atoms with E-state index < -0.39 is 11.8 Å². The van der Waals surface area contributed by atoms with Crippen LogP contribution in [0.4, 0.5) is 0 Å². The summed E-state index contributed by atoms with van der Waals surface area (Å²) in [6.07, 6.45) is 0.815. The van der Waals surface area contributed by atoms with E-state index in [2.05, 4.69) is 41.6 Å². The zero-order valence-corrected chi connectivity index (χ0v) is 11.8. The van der Waals surface area contributed by atoms with Gasteiger partial charge in [-0.05, 0) is 26.1 Å². The third kappa shape index (κ3) is 7.97. The van der Waals surface area contributed by atoms with Crippen LogP contribution in [0.3, 0.4) is 0 Å². The highest BCUT2D eigenvalue weighted by atomic mass is 32.1. The van der Waals surface area contributed by atoms with Gasteiger partial charge in [-0.3, -0.25) is 9.59 Å². The molecule has 6 nitrogen and oxygen atoms in total. The fraction of sp³-hybridized carbons (Fsp3) is 0.727. The van der Waals surface area contributed by atoms with E-state index in [4.69, 9.17) is 5.73 Å². The molecule has 0 heterocycles. The van der Waals surface area contributed by atoms with Crippen LogP contribution >= 0.6 is 12.2 Å². The Balaban J connectivity index is 3.70. The van der Waals surface area contributed by atoms with Crippen molar-refractivity contribution in [3.05, 3.63) is 0 Å². The van der Waals surface area contributed by atoms with Gasteiger partial charge < -0.3 is 21.3 Å². The molecule has 0 aliphatic carbocycles. The smallest absolute Gasteiger partial charge is 0.309 e. The van der Waals surface area contributed by atoms with Crippen LogP contribution in [0.5, 0.6) is 0 Å². The average molecular weight is 274 g/mol. The van der Waals surface area contributed by atoms with Crippen molar-refractivity contribution in [3.8, 4) is 0 Å². The van der Waals surface area contributed by atoms with Crippen LogP contribution in [-0.4, -0.2) is 54.4 Å². The fourth-order valence-corrected chi connectivity index (χ4v) is 1.44. The van der Waals surface area contributed by atoms with Crippen molar-refractivity contribution in [1.82, 2.24) is 15.5 Å². The maximum Gasteiger partial charge on any atom is 0.309 e. The Hall–Kier alpha value is -1.21. The zero-order chi connectivity index (χ0) is 14.0. The van der Waals surface area contributed by atoms with Gasteiger partial charge in [-0.25, -0.2) is 0 Å². The summed E-state index contributed by atoms with van der Waals surface area (Å²) in [4.78, 5) is 25.0. The molecule has 0 saturated carbocycles. The summed E-state index contributed by atoms with van der Waals surface area (Å²) in [5, 5.41) is 4.87. The van der Waals surface area contributed by atoms with E-state index in [0.29, 0.717) is 6.54 Å². The maximum absolute atomic E-state index is 11.3. The van der Waals surface area contributed by atoms with E-state index in [1.54, 1.807) is 0 Å². The molecule has 0 rings (SSSR count). The van der Waals surface area contributed by atoms with Gasteiger partial charge in [0, 0.05) is 6.54 Å². The Morgan fingerprint density at radius 1 is 1.17 bits per heavy atom.